The summed E-state index contributed by atoms with van der Waals surface area (Å²) in [6, 6.07) is 0.0874. The largest absolute Gasteiger partial charge is 0.270 e. The second kappa shape index (κ2) is 3.69. The van der Waals surface area contributed by atoms with E-state index in [1.165, 1.54) is 25.7 Å². The van der Waals surface area contributed by atoms with Gasteiger partial charge in [0, 0.05) is 0 Å². The van der Waals surface area contributed by atoms with Gasteiger partial charge in [0.25, 0.3) is 0 Å². The normalized spacial score (nSPS) is 38.9. The molecule has 2 nitrogen and oxygen atoms in total. The number of rotatable bonds is 3. The van der Waals surface area contributed by atoms with Crippen LogP contribution in [0.3, 0.4) is 0 Å². The van der Waals surface area contributed by atoms with Gasteiger partial charge in [-0.3, -0.25) is 5.84 Å². The Morgan fingerprint density at radius 3 is 2.77 bits per heavy atom. The summed E-state index contributed by atoms with van der Waals surface area (Å²) in [4.78, 5) is 0. The van der Waals surface area contributed by atoms with E-state index in [-0.39, 0.29) is 6.04 Å². The van der Waals surface area contributed by atoms with Crippen LogP contribution in [0, 0.1) is 30.1 Å². The van der Waals surface area contributed by atoms with Gasteiger partial charge in [-0.25, -0.2) is 5.43 Å². The average molecular weight is 178 g/mol. The van der Waals surface area contributed by atoms with Crippen molar-refractivity contribution >= 4 is 0 Å². The lowest BCUT2D eigenvalue weighted by Gasteiger charge is -2.23. The molecule has 0 aliphatic heterocycles. The molecule has 0 spiro atoms. The van der Waals surface area contributed by atoms with Crippen molar-refractivity contribution in [1.82, 2.24) is 5.43 Å². The molecule has 4 unspecified atom stereocenters. The van der Waals surface area contributed by atoms with E-state index in [9.17, 15) is 0 Å². The molecule has 0 aromatic heterocycles. The minimum Gasteiger partial charge on any atom is -0.270 e. The fraction of sp³-hybridized carbons (Fsp3) is 0.818. The SMILES string of the molecule is C#CC(CC1CC2CCC1C2)NN. The highest BCUT2D eigenvalue weighted by Gasteiger charge is 2.39. The van der Waals surface area contributed by atoms with E-state index >= 15 is 0 Å². The summed E-state index contributed by atoms with van der Waals surface area (Å²) in [7, 11) is 0. The van der Waals surface area contributed by atoms with Crippen LogP contribution in [0.5, 0.6) is 0 Å². The second-order valence-electron chi connectivity index (χ2n) is 4.56. The Morgan fingerprint density at radius 1 is 1.46 bits per heavy atom. The van der Waals surface area contributed by atoms with Gasteiger partial charge in [-0.15, -0.1) is 6.42 Å². The van der Waals surface area contributed by atoms with Gasteiger partial charge in [0.15, 0.2) is 0 Å². The Bertz CT molecular complexity index is 219. The third-order valence-electron chi connectivity index (χ3n) is 3.83. The van der Waals surface area contributed by atoms with Crippen LogP contribution in [0.2, 0.25) is 0 Å². The molecule has 0 aromatic rings. The van der Waals surface area contributed by atoms with Gasteiger partial charge in [-0.05, 0) is 43.4 Å². The Hall–Kier alpha value is -0.520. The first-order valence-electron chi connectivity index (χ1n) is 5.25. The molecule has 2 fully saturated rings. The highest BCUT2D eigenvalue weighted by atomic mass is 15.2. The van der Waals surface area contributed by atoms with Crippen molar-refractivity contribution in [3.63, 3.8) is 0 Å². The highest BCUT2D eigenvalue weighted by molar-refractivity contribution is 5.01. The number of fused-ring (bicyclic) bond motifs is 2. The molecule has 0 amide bonds. The number of nitrogens with one attached hydrogen (secondary N) is 1. The molecule has 2 heteroatoms. The summed E-state index contributed by atoms with van der Waals surface area (Å²) < 4.78 is 0. The summed E-state index contributed by atoms with van der Waals surface area (Å²) in [5, 5.41) is 0. The number of terminal acetylenes is 1. The van der Waals surface area contributed by atoms with Crippen LogP contribution >= 0.6 is 0 Å². The summed E-state index contributed by atoms with van der Waals surface area (Å²) >= 11 is 0. The first-order valence-corrected chi connectivity index (χ1v) is 5.25. The van der Waals surface area contributed by atoms with Gasteiger partial charge < -0.3 is 0 Å². The van der Waals surface area contributed by atoms with Crippen molar-refractivity contribution in [2.75, 3.05) is 0 Å². The van der Waals surface area contributed by atoms with Gasteiger partial charge in [0.2, 0.25) is 0 Å². The zero-order valence-corrected chi connectivity index (χ0v) is 8.00. The predicted molar refractivity (Wildman–Crippen MR) is 53.5 cm³/mol. The van der Waals surface area contributed by atoms with Crippen LogP contribution < -0.4 is 11.3 Å². The maximum atomic E-state index is 5.37. The van der Waals surface area contributed by atoms with Crippen molar-refractivity contribution in [1.29, 1.82) is 0 Å². The van der Waals surface area contributed by atoms with Gasteiger partial charge in [0.1, 0.15) is 0 Å². The molecule has 0 saturated heterocycles. The van der Waals surface area contributed by atoms with E-state index in [0.717, 1.165) is 24.2 Å². The maximum Gasteiger partial charge on any atom is 0.0817 e. The standard InChI is InChI=1S/C11H18N2/c1-2-11(13-12)7-10-6-8-3-4-9(10)5-8/h1,8-11,13H,3-7,12H2. The van der Waals surface area contributed by atoms with E-state index in [1.807, 2.05) is 0 Å². The number of hydrogen-bond donors (Lipinski definition) is 2. The summed E-state index contributed by atoms with van der Waals surface area (Å²) in [6.45, 7) is 0. The van der Waals surface area contributed by atoms with E-state index in [2.05, 4.69) is 11.3 Å². The fourth-order valence-corrected chi connectivity index (χ4v) is 3.15. The van der Waals surface area contributed by atoms with Crippen LogP contribution in [0.25, 0.3) is 0 Å². The molecule has 2 aliphatic carbocycles. The molecule has 3 N–H and O–H groups in total. The molecule has 2 rings (SSSR count). The fourth-order valence-electron chi connectivity index (χ4n) is 3.15. The predicted octanol–water partition coefficient (Wildman–Crippen LogP) is 1.28. The zero-order chi connectivity index (χ0) is 9.26. The molecule has 2 aliphatic rings. The van der Waals surface area contributed by atoms with Crippen LogP contribution in [-0.4, -0.2) is 6.04 Å². The molecule has 4 atom stereocenters. The summed E-state index contributed by atoms with van der Waals surface area (Å²) in [5.74, 6) is 10.9. The third-order valence-corrected chi connectivity index (χ3v) is 3.83. The Morgan fingerprint density at radius 2 is 2.31 bits per heavy atom. The molecule has 0 aromatic carbocycles. The topological polar surface area (TPSA) is 38.0 Å². The minimum atomic E-state index is 0.0874. The second-order valence-corrected chi connectivity index (χ2v) is 4.56. The van der Waals surface area contributed by atoms with Gasteiger partial charge in [0.05, 0.1) is 6.04 Å². The molecule has 2 bridgehead atoms. The van der Waals surface area contributed by atoms with Crippen LogP contribution in [0.4, 0.5) is 0 Å². The van der Waals surface area contributed by atoms with Crippen molar-refractivity contribution in [2.24, 2.45) is 23.6 Å². The minimum absolute atomic E-state index is 0.0874. The van der Waals surface area contributed by atoms with Crippen LogP contribution in [-0.2, 0) is 0 Å². The average Bonchev–Trinajstić information content (AvgIpc) is 2.75. The molecule has 0 heterocycles. The Labute approximate surface area is 80.2 Å². The lowest BCUT2D eigenvalue weighted by Crippen LogP contribution is -2.36. The van der Waals surface area contributed by atoms with E-state index in [4.69, 9.17) is 12.3 Å². The first-order chi connectivity index (χ1) is 6.33. The van der Waals surface area contributed by atoms with Crippen molar-refractivity contribution in [3.8, 4) is 12.3 Å². The monoisotopic (exact) mass is 178 g/mol. The van der Waals surface area contributed by atoms with E-state index in [1.54, 1.807) is 0 Å². The van der Waals surface area contributed by atoms with Gasteiger partial charge in [-0.2, -0.15) is 0 Å². The van der Waals surface area contributed by atoms with Gasteiger partial charge >= 0.3 is 0 Å². The quantitative estimate of drug-likeness (QED) is 0.388. The highest BCUT2D eigenvalue weighted by Crippen LogP contribution is 2.49. The van der Waals surface area contributed by atoms with Crippen LogP contribution in [0.15, 0.2) is 0 Å². The van der Waals surface area contributed by atoms with Crippen molar-refractivity contribution in [2.45, 2.75) is 38.1 Å². The lowest BCUT2D eigenvalue weighted by molar-refractivity contribution is 0.296. The molecule has 72 valence electrons. The number of nitrogens with two attached hydrogens (primary N) is 1. The smallest absolute Gasteiger partial charge is 0.0817 e. The number of hydrogen-bond acceptors (Lipinski definition) is 2. The van der Waals surface area contributed by atoms with Gasteiger partial charge in [-0.1, -0.05) is 12.3 Å². The first kappa shape index (κ1) is 9.05. The summed E-state index contributed by atoms with van der Waals surface area (Å²) in [5.41, 5.74) is 2.70. The molecular formula is C11H18N2. The van der Waals surface area contributed by atoms with Crippen molar-refractivity contribution in [3.05, 3.63) is 0 Å². The van der Waals surface area contributed by atoms with E-state index in [0.29, 0.717) is 0 Å². The molecule has 0 radical (unpaired) electrons. The molecule has 13 heavy (non-hydrogen) atoms. The lowest BCUT2D eigenvalue weighted by atomic mass is 9.84. The van der Waals surface area contributed by atoms with Crippen molar-refractivity contribution < 1.29 is 0 Å². The molecule has 2 saturated carbocycles. The van der Waals surface area contributed by atoms with E-state index < -0.39 is 0 Å². The number of hydrazine groups is 1. The zero-order valence-electron chi connectivity index (χ0n) is 8.00. The summed E-state index contributed by atoms with van der Waals surface area (Å²) in [6.07, 6.45) is 12.2. The molecular weight excluding hydrogens is 160 g/mol. The Kier molecular flexibility index (Phi) is 2.57. The van der Waals surface area contributed by atoms with Crippen LogP contribution in [0.1, 0.15) is 32.1 Å². The Balaban J connectivity index is 1.86. The maximum absolute atomic E-state index is 5.37. The third kappa shape index (κ3) is 1.72.